The Morgan fingerprint density at radius 1 is 1.18 bits per heavy atom. The Bertz CT molecular complexity index is 1110. The van der Waals surface area contributed by atoms with Gasteiger partial charge in [0.2, 0.25) is 0 Å². The van der Waals surface area contributed by atoms with Crippen molar-refractivity contribution in [3.8, 4) is 16.3 Å². The molecular formula is C27H35F4N3O3S. The maximum atomic E-state index is 13.4. The third-order valence-corrected chi connectivity index (χ3v) is 8.58. The lowest BCUT2D eigenvalue weighted by molar-refractivity contribution is -0.164. The number of thiazole rings is 1. The summed E-state index contributed by atoms with van der Waals surface area (Å²) in [5.74, 6) is -2.74. The van der Waals surface area contributed by atoms with Gasteiger partial charge in [0.05, 0.1) is 31.2 Å². The largest absolute Gasteiger partial charge is 0.469 e. The summed E-state index contributed by atoms with van der Waals surface area (Å²) in [6.45, 7) is 5.04. The molecule has 2 aromatic rings. The van der Waals surface area contributed by atoms with Crippen molar-refractivity contribution in [3.05, 3.63) is 35.3 Å². The highest BCUT2D eigenvalue weighted by molar-refractivity contribution is 7.15. The Hall–Kier alpha value is -2.24. The minimum atomic E-state index is -2.94. The maximum absolute atomic E-state index is 13.4. The molecule has 0 N–H and O–H groups in total. The summed E-state index contributed by atoms with van der Waals surface area (Å²) >= 11 is 1.39. The Morgan fingerprint density at radius 2 is 1.89 bits per heavy atom. The monoisotopic (exact) mass is 557 g/mol. The van der Waals surface area contributed by atoms with Gasteiger partial charge in [0, 0.05) is 30.7 Å². The summed E-state index contributed by atoms with van der Waals surface area (Å²) < 4.78 is 62.5. The Morgan fingerprint density at radius 3 is 2.53 bits per heavy atom. The first-order valence-electron chi connectivity index (χ1n) is 12.7. The van der Waals surface area contributed by atoms with Crippen molar-refractivity contribution in [1.29, 1.82) is 0 Å². The van der Waals surface area contributed by atoms with Gasteiger partial charge in [-0.05, 0) is 42.9 Å². The second-order valence-corrected chi connectivity index (χ2v) is 12.6. The van der Waals surface area contributed by atoms with E-state index in [4.69, 9.17) is 4.74 Å². The summed E-state index contributed by atoms with van der Waals surface area (Å²) in [6.07, 6.45) is 2.78. The summed E-state index contributed by atoms with van der Waals surface area (Å²) in [5.41, 5.74) is -0.418. The van der Waals surface area contributed by atoms with E-state index < -0.39 is 17.9 Å². The third kappa shape index (κ3) is 6.66. The van der Waals surface area contributed by atoms with Gasteiger partial charge in [-0.25, -0.2) is 13.8 Å². The van der Waals surface area contributed by atoms with Gasteiger partial charge in [-0.2, -0.15) is 8.78 Å². The van der Waals surface area contributed by atoms with Crippen LogP contribution in [0.5, 0.6) is 5.75 Å². The van der Waals surface area contributed by atoms with Crippen LogP contribution in [0.25, 0.3) is 10.6 Å². The number of hydrogen-bond acceptors (Lipinski definition) is 7. The predicted molar refractivity (Wildman–Crippen MR) is 137 cm³/mol. The van der Waals surface area contributed by atoms with Gasteiger partial charge in [-0.15, -0.1) is 11.3 Å². The molecule has 11 heteroatoms. The van der Waals surface area contributed by atoms with Crippen LogP contribution >= 0.6 is 11.3 Å². The lowest BCUT2D eigenvalue weighted by Gasteiger charge is -2.49. The molecule has 0 saturated carbocycles. The Kier molecular flexibility index (Phi) is 8.40. The van der Waals surface area contributed by atoms with Crippen molar-refractivity contribution in [3.63, 3.8) is 0 Å². The van der Waals surface area contributed by atoms with E-state index in [1.54, 1.807) is 29.3 Å². The second kappa shape index (κ2) is 11.1. The highest BCUT2D eigenvalue weighted by atomic mass is 32.1. The summed E-state index contributed by atoms with van der Waals surface area (Å²) in [5, 5.41) is 0.568. The fourth-order valence-electron chi connectivity index (χ4n) is 5.46. The number of carbonyl (C=O) groups excluding carboxylic acids is 1. The maximum Gasteiger partial charge on any atom is 0.387 e. The van der Waals surface area contributed by atoms with Crippen molar-refractivity contribution in [2.24, 2.45) is 16.7 Å². The number of para-hydroxylation sites is 1. The molecule has 1 aromatic heterocycles. The average molecular weight is 558 g/mol. The average Bonchev–Trinajstić information content (AvgIpc) is 3.28. The number of halogens is 4. The number of benzene rings is 1. The molecule has 0 aliphatic carbocycles. The molecular weight excluding hydrogens is 522 g/mol. The minimum Gasteiger partial charge on any atom is -0.469 e. The van der Waals surface area contributed by atoms with E-state index in [0.29, 0.717) is 43.0 Å². The number of rotatable bonds is 9. The highest BCUT2D eigenvalue weighted by Crippen LogP contribution is 2.45. The molecule has 2 aliphatic rings. The number of aromatic nitrogens is 1. The molecule has 2 saturated heterocycles. The van der Waals surface area contributed by atoms with Crippen LogP contribution in [0.4, 0.5) is 17.6 Å². The van der Waals surface area contributed by atoms with E-state index >= 15 is 0 Å². The van der Waals surface area contributed by atoms with Crippen LogP contribution in [-0.2, 0) is 16.1 Å². The van der Waals surface area contributed by atoms with Crippen LogP contribution in [-0.4, -0.2) is 73.1 Å². The van der Waals surface area contributed by atoms with Gasteiger partial charge < -0.3 is 9.47 Å². The van der Waals surface area contributed by atoms with Crippen LogP contribution < -0.4 is 4.74 Å². The molecule has 210 valence electrons. The quantitative estimate of drug-likeness (QED) is 0.288. The van der Waals surface area contributed by atoms with E-state index in [2.05, 4.69) is 35.4 Å². The number of esters is 1. The molecule has 2 atom stereocenters. The summed E-state index contributed by atoms with van der Waals surface area (Å²) in [7, 11) is 1.38. The molecule has 3 heterocycles. The number of methoxy groups -OCH3 is 1. The fraction of sp³-hybridized carbons (Fsp3) is 0.630. The van der Waals surface area contributed by atoms with E-state index in [1.807, 2.05) is 0 Å². The number of likely N-dealkylation sites (tertiary alicyclic amines) is 2. The van der Waals surface area contributed by atoms with Crippen LogP contribution in [0.2, 0.25) is 0 Å². The van der Waals surface area contributed by atoms with E-state index in [-0.39, 0.29) is 36.1 Å². The van der Waals surface area contributed by atoms with Crippen LogP contribution in [0.3, 0.4) is 0 Å². The van der Waals surface area contributed by atoms with Crippen LogP contribution in [0, 0.1) is 16.7 Å². The highest BCUT2D eigenvalue weighted by Gasteiger charge is 2.50. The molecule has 2 fully saturated rings. The molecule has 4 rings (SSSR count). The van der Waals surface area contributed by atoms with Gasteiger partial charge in [-0.1, -0.05) is 32.9 Å². The zero-order valence-corrected chi connectivity index (χ0v) is 23.0. The molecule has 38 heavy (non-hydrogen) atoms. The number of ether oxygens (including phenoxy) is 2. The lowest BCUT2D eigenvalue weighted by atomic mass is 9.65. The number of alkyl halides is 4. The molecule has 1 aromatic carbocycles. The molecule has 6 nitrogen and oxygen atoms in total. The molecule has 0 spiro atoms. The summed E-state index contributed by atoms with van der Waals surface area (Å²) in [6, 6.07) is 6.55. The Labute approximate surface area is 224 Å². The Balaban J connectivity index is 1.55. The zero-order valence-electron chi connectivity index (χ0n) is 22.2. The van der Waals surface area contributed by atoms with E-state index in [0.717, 1.165) is 11.4 Å². The standard InChI is InChI=1S/C27H35F4N3O3S/c1-25(2,3)18-11-26(23(35)36-4,9-10-33-16-27(30,31)17-33)15-34(13-18)14-19-12-32-22(38-19)20-7-5-6-8-21(20)37-24(28)29/h5-8,12,18,24H,9-11,13-17H2,1-4H3/t18-,26-/m1/s1. The first kappa shape index (κ1) is 28.8. The van der Waals surface area contributed by atoms with Gasteiger partial charge >= 0.3 is 12.6 Å². The first-order valence-corrected chi connectivity index (χ1v) is 13.5. The molecule has 0 bridgehead atoms. The first-order chi connectivity index (χ1) is 17.8. The van der Waals surface area contributed by atoms with Crippen molar-refractivity contribution in [2.45, 2.75) is 52.7 Å². The van der Waals surface area contributed by atoms with E-state index in [1.165, 1.54) is 24.5 Å². The van der Waals surface area contributed by atoms with Crippen molar-refractivity contribution in [2.75, 3.05) is 39.8 Å². The molecule has 0 amide bonds. The smallest absolute Gasteiger partial charge is 0.387 e. The van der Waals surface area contributed by atoms with Crippen molar-refractivity contribution in [1.82, 2.24) is 14.8 Å². The number of piperidine rings is 1. The van der Waals surface area contributed by atoms with Gasteiger partial charge in [0.15, 0.2) is 0 Å². The van der Waals surface area contributed by atoms with E-state index in [9.17, 15) is 22.4 Å². The molecule has 2 aliphatic heterocycles. The zero-order chi connectivity index (χ0) is 27.7. The van der Waals surface area contributed by atoms with Crippen LogP contribution in [0.1, 0.15) is 38.5 Å². The van der Waals surface area contributed by atoms with Gasteiger partial charge in [0.25, 0.3) is 5.92 Å². The SMILES string of the molecule is COC(=O)[C@]1(CCN2CC(F)(F)C2)C[C@@H](C(C)(C)C)CN(Cc2cnc(-c3ccccc3OC(F)F)s2)C1. The topological polar surface area (TPSA) is 54.9 Å². The molecule has 0 radical (unpaired) electrons. The van der Waals surface area contributed by atoms with Gasteiger partial charge in [-0.3, -0.25) is 14.6 Å². The van der Waals surface area contributed by atoms with Crippen molar-refractivity contribution < 1.29 is 31.8 Å². The third-order valence-electron chi connectivity index (χ3n) is 7.57. The summed E-state index contributed by atoms with van der Waals surface area (Å²) in [4.78, 5) is 22.5. The number of nitrogens with zero attached hydrogens (tertiary/aromatic N) is 3. The predicted octanol–water partition coefficient (Wildman–Crippen LogP) is 5.78. The lowest BCUT2D eigenvalue weighted by Crippen LogP contribution is -2.59. The number of carbonyl (C=O) groups is 1. The fourth-order valence-corrected chi connectivity index (χ4v) is 6.44. The minimum absolute atomic E-state index is 0.0652. The number of hydrogen-bond donors (Lipinski definition) is 0. The normalized spacial score (nSPS) is 24.3. The second-order valence-electron chi connectivity index (χ2n) is 11.5. The van der Waals surface area contributed by atoms with Crippen molar-refractivity contribution >= 4 is 17.3 Å². The van der Waals surface area contributed by atoms with Gasteiger partial charge in [0.1, 0.15) is 10.8 Å². The van der Waals surface area contributed by atoms with Crippen LogP contribution in [0.15, 0.2) is 30.5 Å². The molecule has 0 unspecified atom stereocenters.